The number of rotatable bonds is 2. The van der Waals surface area contributed by atoms with Gasteiger partial charge in [0.15, 0.2) is 0 Å². The fourth-order valence-corrected chi connectivity index (χ4v) is 5.55. The number of anilines is 2. The van der Waals surface area contributed by atoms with Gasteiger partial charge in [-0.15, -0.1) is 0 Å². The van der Waals surface area contributed by atoms with Crippen molar-refractivity contribution in [3.8, 4) is 22.3 Å². The zero-order valence-corrected chi connectivity index (χ0v) is 17.3. The van der Waals surface area contributed by atoms with Gasteiger partial charge in [-0.2, -0.15) is 0 Å². The lowest BCUT2D eigenvalue weighted by Crippen LogP contribution is -2.26. The zero-order chi connectivity index (χ0) is 20.4. The highest BCUT2D eigenvalue weighted by Gasteiger charge is 2.27. The topological polar surface area (TPSA) is 6.48 Å². The van der Waals surface area contributed by atoms with Crippen molar-refractivity contribution in [2.24, 2.45) is 0 Å². The van der Waals surface area contributed by atoms with E-state index in [1.807, 2.05) is 0 Å². The average molecular weight is 399 g/mol. The molecule has 0 radical (unpaired) electrons. The molecular formula is C29H22N2. The largest absolute Gasteiger partial charge is 0.328 e. The molecular weight excluding hydrogens is 376 g/mol. The third kappa shape index (κ3) is 2.45. The Morgan fingerprint density at radius 2 is 0.903 bits per heavy atom. The highest BCUT2D eigenvalue weighted by atomic mass is 15.3. The van der Waals surface area contributed by atoms with E-state index in [2.05, 4.69) is 107 Å². The van der Waals surface area contributed by atoms with Gasteiger partial charge in [0.25, 0.3) is 0 Å². The number of hydrogen-bond donors (Lipinski definition) is 0. The molecule has 0 saturated heterocycles. The maximum atomic E-state index is 2.40. The summed E-state index contributed by atoms with van der Waals surface area (Å²) in [4.78, 5) is 4.79. The van der Waals surface area contributed by atoms with E-state index in [9.17, 15) is 0 Å². The van der Waals surface area contributed by atoms with Crippen LogP contribution < -0.4 is 9.80 Å². The van der Waals surface area contributed by atoms with Gasteiger partial charge in [0, 0.05) is 36.6 Å². The molecule has 7 rings (SSSR count). The third-order valence-corrected chi connectivity index (χ3v) is 7.00. The Bertz CT molecular complexity index is 1280. The summed E-state index contributed by atoms with van der Waals surface area (Å²) >= 11 is 0. The van der Waals surface area contributed by atoms with Gasteiger partial charge in [-0.1, -0.05) is 72.8 Å². The average Bonchev–Trinajstić information content (AvgIpc) is 3.53. The standard InChI is InChI=1S/C29H22N2/c1-3-9-22-20(7-1)17-26-24(22)11-5-13-28(26)30-15-16-31(19-30)29-14-6-12-25-23-10-4-2-8-21(23)18-27(25)29/h1-16H,17-19H2. The first-order valence-corrected chi connectivity index (χ1v) is 11.0. The van der Waals surface area contributed by atoms with Crippen LogP contribution in [0.4, 0.5) is 11.4 Å². The van der Waals surface area contributed by atoms with E-state index in [0.717, 1.165) is 19.5 Å². The maximum Gasteiger partial charge on any atom is 0.0989 e. The zero-order valence-electron chi connectivity index (χ0n) is 17.3. The summed E-state index contributed by atoms with van der Waals surface area (Å²) in [6, 6.07) is 31.1. The summed E-state index contributed by atoms with van der Waals surface area (Å²) in [5, 5.41) is 0. The minimum absolute atomic E-state index is 0.847. The van der Waals surface area contributed by atoms with Gasteiger partial charge in [-0.05, 0) is 56.6 Å². The van der Waals surface area contributed by atoms with E-state index in [0.29, 0.717) is 0 Å². The predicted molar refractivity (Wildman–Crippen MR) is 128 cm³/mol. The number of fused-ring (bicyclic) bond motifs is 6. The van der Waals surface area contributed by atoms with Crippen molar-refractivity contribution in [3.05, 3.63) is 120 Å². The molecule has 1 heterocycles. The molecule has 4 aromatic carbocycles. The third-order valence-electron chi connectivity index (χ3n) is 7.00. The molecule has 0 aromatic heterocycles. The smallest absolute Gasteiger partial charge is 0.0989 e. The summed E-state index contributed by atoms with van der Waals surface area (Å²) in [5.74, 6) is 0. The van der Waals surface area contributed by atoms with Crippen molar-refractivity contribution in [1.29, 1.82) is 0 Å². The Morgan fingerprint density at radius 1 is 0.452 bits per heavy atom. The highest BCUT2D eigenvalue weighted by Crippen LogP contribution is 2.44. The van der Waals surface area contributed by atoms with Crippen LogP contribution >= 0.6 is 0 Å². The molecule has 0 saturated carbocycles. The van der Waals surface area contributed by atoms with Gasteiger partial charge < -0.3 is 9.80 Å². The fraction of sp³-hybridized carbons (Fsp3) is 0.103. The van der Waals surface area contributed by atoms with Gasteiger partial charge in [0.05, 0.1) is 6.67 Å². The van der Waals surface area contributed by atoms with E-state index in [1.165, 1.54) is 55.9 Å². The van der Waals surface area contributed by atoms with Gasteiger partial charge in [0.1, 0.15) is 0 Å². The van der Waals surface area contributed by atoms with E-state index < -0.39 is 0 Å². The van der Waals surface area contributed by atoms with Crippen LogP contribution in [0, 0.1) is 0 Å². The Morgan fingerprint density at radius 3 is 1.42 bits per heavy atom. The first-order chi connectivity index (χ1) is 15.4. The number of nitrogens with zero attached hydrogens (tertiary/aromatic N) is 2. The van der Waals surface area contributed by atoms with Gasteiger partial charge in [0.2, 0.25) is 0 Å². The van der Waals surface area contributed by atoms with E-state index >= 15 is 0 Å². The lowest BCUT2D eigenvalue weighted by molar-refractivity contribution is 0.960. The highest BCUT2D eigenvalue weighted by molar-refractivity contribution is 5.85. The molecule has 3 aliphatic rings. The maximum absolute atomic E-state index is 2.40. The lowest BCUT2D eigenvalue weighted by atomic mass is 10.0. The van der Waals surface area contributed by atoms with E-state index in [-0.39, 0.29) is 0 Å². The molecule has 1 aliphatic heterocycles. The number of benzene rings is 4. The fourth-order valence-electron chi connectivity index (χ4n) is 5.55. The van der Waals surface area contributed by atoms with Crippen LogP contribution in [0.25, 0.3) is 22.3 Å². The molecule has 2 aliphatic carbocycles. The second kappa shape index (κ2) is 6.36. The van der Waals surface area contributed by atoms with Crippen LogP contribution in [0.5, 0.6) is 0 Å². The molecule has 0 N–H and O–H groups in total. The van der Waals surface area contributed by atoms with Gasteiger partial charge in [-0.25, -0.2) is 0 Å². The molecule has 0 atom stereocenters. The summed E-state index contributed by atoms with van der Waals surface area (Å²) in [6.07, 6.45) is 6.50. The van der Waals surface area contributed by atoms with Crippen molar-refractivity contribution in [2.75, 3.05) is 16.5 Å². The molecule has 31 heavy (non-hydrogen) atoms. The molecule has 0 unspecified atom stereocenters. The van der Waals surface area contributed by atoms with E-state index in [1.54, 1.807) is 0 Å². The Kier molecular flexibility index (Phi) is 3.48. The molecule has 0 spiro atoms. The van der Waals surface area contributed by atoms with Crippen molar-refractivity contribution >= 4 is 11.4 Å². The summed E-state index contributed by atoms with van der Waals surface area (Å²) in [6.45, 7) is 0.847. The molecule has 2 heteroatoms. The van der Waals surface area contributed by atoms with Crippen molar-refractivity contribution < 1.29 is 0 Å². The molecule has 0 fully saturated rings. The second-order valence-corrected chi connectivity index (χ2v) is 8.65. The van der Waals surface area contributed by atoms with Crippen LogP contribution in [-0.2, 0) is 12.8 Å². The second-order valence-electron chi connectivity index (χ2n) is 8.65. The van der Waals surface area contributed by atoms with E-state index in [4.69, 9.17) is 0 Å². The Hall–Kier alpha value is -3.78. The van der Waals surface area contributed by atoms with Gasteiger partial charge in [-0.3, -0.25) is 0 Å². The van der Waals surface area contributed by atoms with Crippen LogP contribution in [0.3, 0.4) is 0 Å². The van der Waals surface area contributed by atoms with Crippen LogP contribution in [0.15, 0.2) is 97.3 Å². The SMILES string of the molecule is C1=CN(c2cccc3c2Cc2ccccc2-3)CN1c1cccc2c1Cc1ccccc1-2. The lowest BCUT2D eigenvalue weighted by Gasteiger charge is -2.25. The number of hydrogen-bond acceptors (Lipinski definition) is 2. The van der Waals surface area contributed by atoms with Crippen molar-refractivity contribution in [2.45, 2.75) is 12.8 Å². The molecule has 2 nitrogen and oxygen atoms in total. The monoisotopic (exact) mass is 398 g/mol. The minimum atomic E-state index is 0.847. The Balaban J connectivity index is 1.23. The van der Waals surface area contributed by atoms with Gasteiger partial charge >= 0.3 is 0 Å². The Labute approximate surface area is 182 Å². The quantitative estimate of drug-likeness (QED) is 0.325. The first-order valence-electron chi connectivity index (χ1n) is 11.0. The van der Waals surface area contributed by atoms with Crippen molar-refractivity contribution in [3.63, 3.8) is 0 Å². The van der Waals surface area contributed by atoms with Crippen LogP contribution in [0.1, 0.15) is 22.3 Å². The minimum Gasteiger partial charge on any atom is -0.328 e. The molecule has 4 aromatic rings. The summed E-state index contributed by atoms with van der Waals surface area (Å²) in [5.41, 5.74) is 13.9. The van der Waals surface area contributed by atoms with Crippen LogP contribution in [0.2, 0.25) is 0 Å². The van der Waals surface area contributed by atoms with Crippen molar-refractivity contribution in [1.82, 2.24) is 0 Å². The first kappa shape index (κ1) is 17.0. The summed E-state index contributed by atoms with van der Waals surface area (Å²) < 4.78 is 0. The molecule has 0 amide bonds. The van der Waals surface area contributed by atoms with Crippen LogP contribution in [-0.4, -0.2) is 6.67 Å². The summed E-state index contributed by atoms with van der Waals surface area (Å²) in [7, 11) is 0. The molecule has 148 valence electrons. The predicted octanol–water partition coefficient (Wildman–Crippen LogP) is 6.58. The molecule has 0 bridgehead atoms. The normalized spacial score (nSPS) is 15.1.